The number of nitrogen functional groups attached to an aromatic ring is 1. The van der Waals surface area contributed by atoms with E-state index in [1.165, 1.54) is 0 Å². The average molecular weight is 226 g/mol. The zero-order chi connectivity index (χ0) is 12.3. The highest BCUT2D eigenvalue weighted by Gasteiger charge is 2.15. The molecule has 0 saturated heterocycles. The van der Waals surface area contributed by atoms with Gasteiger partial charge in [-0.1, -0.05) is 37.3 Å². The predicted molar refractivity (Wildman–Crippen MR) is 68.6 cm³/mol. The zero-order valence-corrected chi connectivity index (χ0v) is 9.63. The van der Waals surface area contributed by atoms with Crippen LogP contribution in [0.5, 0.6) is 0 Å². The largest absolute Gasteiger partial charge is 0.398 e. The van der Waals surface area contributed by atoms with Gasteiger partial charge in [-0.15, -0.1) is 0 Å². The molecule has 2 aromatic rings. The lowest BCUT2D eigenvalue weighted by molar-refractivity contribution is -0.108. The van der Waals surface area contributed by atoms with Gasteiger partial charge in [-0.05, 0) is 6.07 Å². The molecular formula is C14H14N2O. The van der Waals surface area contributed by atoms with Crippen LogP contribution in [0.3, 0.4) is 0 Å². The third-order valence-electron chi connectivity index (χ3n) is 2.73. The van der Waals surface area contributed by atoms with Crippen molar-refractivity contribution in [3.8, 4) is 11.3 Å². The van der Waals surface area contributed by atoms with Crippen molar-refractivity contribution in [1.82, 2.24) is 4.98 Å². The average Bonchev–Trinajstić information content (AvgIpc) is 2.38. The van der Waals surface area contributed by atoms with E-state index in [-0.39, 0.29) is 5.92 Å². The number of carbonyl (C=O) groups is 1. The fraction of sp³-hybridized carbons (Fsp3) is 0.143. The van der Waals surface area contributed by atoms with Crippen LogP contribution in [0.25, 0.3) is 11.3 Å². The summed E-state index contributed by atoms with van der Waals surface area (Å²) in [4.78, 5) is 15.3. The molecule has 0 bridgehead atoms. The molecule has 86 valence electrons. The van der Waals surface area contributed by atoms with Gasteiger partial charge in [-0.3, -0.25) is 4.98 Å². The van der Waals surface area contributed by atoms with Crippen molar-refractivity contribution in [2.45, 2.75) is 12.8 Å². The molecule has 0 aliphatic rings. The van der Waals surface area contributed by atoms with Crippen molar-refractivity contribution >= 4 is 12.0 Å². The molecule has 0 spiro atoms. The van der Waals surface area contributed by atoms with Gasteiger partial charge in [0.2, 0.25) is 0 Å². The molecule has 0 amide bonds. The molecule has 3 heteroatoms. The van der Waals surface area contributed by atoms with Gasteiger partial charge in [0.1, 0.15) is 6.29 Å². The maximum atomic E-state index is 11.0. The van der Waals surface area contributed by atoms with Gasteiger partial charge in [0.05, 0.1) is 5.69 Å². The molecule has 1 heterocycles. The molecule has 0 fully saturated rings. The van der Waals surface area contributed by atoms with Gasteiger partial charge in [-0.25, -0.2) is 0 Å². The van der Waals surface area contributed by atoms with Crippen molar-refractivity contribution in [2.24, 2.45) is 0 Å². The van der Waals surface area contributed by atoms with Gasteiger partial charge in [0.25, 0.3) is 0 Å². The Labute approximate surface area is 100 Å². The topological polar surface area (TPSA) is 56.0 Å². The summed E-state index contributed by atoms with van der Waals surface area (Å²) in [5.74, 6) is -0.251. The molecule has 1 unspecified atom stereocenters. The van der Waals surface area contributed by atoms with Crippen LogP contribution in [-0.4, -0.2) is 11.3 Å². The molecular weight excluding hydrogens is 212 g/mol. The van der Waals surface area contributed by atoms with Crippen molar-refractivity contribution < 1.29 is 4.79 Å². The van der Waals surface area contributed by atoms with E-state index < -0.39 is 0 Å². The van der Waals surface area contributed by atoms with E-state index in [9.17, 15) is 4.79 Å². The van der Waals surface area contributed by atoms with Crippen molar-refractivity contribution in [1.29, 1.82) is 0 Å². The molecule has 2 rings (SSSR count). The zero-order valence-electron chi connectivity index (χ0n) is 9.63. The number of carbonyl (C=O) groups excluding carboxylic acids is 1. The van der Waals surface area contributed by atoms with Crippen molar-refractivity contribution in [3.63, 3.8) is 0 Å². The summed E-state index contributed by atoms with van der Waals surface area (Å²) >= 11 is 0. The van der Waals surface area contributed by atoms with E-state index in [0.717, 1.165) is 23.1 Å². The molecule has 0 radical (unpaired) electrons. The first kappa shape index (κ1) is 11.3. The number of nitrogens with zero attached hydrogens (tertiary/aromatic N) is 1. The molecule has 1 atom stereocenters. The summed E-state index contributed by atoms with van der Waals surface area (Å²) in [5, 5.41) is 0. The SMILES string of the molecule is CC(C=O)c1c(N)ccnc1-c1ccccc1. The van der Waals surface area contributed by atoms with Gasteiger partial charge in [0, 0.05) is 28.9 Å². The Kier molecular flexibility index (Phi) is 3.19. The van der Waals surface area contributed by atoms with Gasteiger partial charge < -0.3 is 10.5 Å². The summed E-state index contributed by atoms with van der Waals surface area (Å²) in [6.07, 6.45) is 2.55. The third kappa shape index (κ3) is 2.18. The second-order valence-corrected chi connectivity index (χ2v) is 3.95. The summed E-state index contributed by atoms with van der Waals surface area (Å²) in [6, 6.07) is 11.5. The number of rotatable bonds is 3. The summed E-state index contributed by atoms with van der Waals surface area (Å²) in [5.41, 5.74) is 9.10. The van der Waals surface area contributed by atoms with Crippen LogP contribution < -0.4 is 5.73 Å². The molecule has 2 N–H and O–H groups in total. The quantitative estimate of drug-likeness (QED) is 0.818. The van der Waals surface area contributed by atoms with Crippen LogP contribution >= 0.6 is 0 Å². The number of aromatic nitrogens is 1. The normalized spacial score (nSPS) is 12.1. The Morgan fingerprint density at radius 3 is 2.59 bits per heavy atom. The number of benzene rings is 1. The van der Waals surface area contributed by atoms with Crippen LogP contribution in [0, 0.1) is 0 Å². The van der Waals surface area contributed by atoms with Crippen LogP contribution in [0.1, 0.15) is 18.4 Å². The lowest BCUT2D eigenvalue weighted by atomic mass is 9.95. The van der Waals surface area contributed by atoms with Gasteiger partial charge in [0.15, 0.2) is 0 Å². The fourth-order valence-corrected chi connectivity index (χ4v) is 1.86. The van der Waals surface area contributed by atoms with Gasteiger partial charge in [-0.2, -0.15) is 0 Å². The fourth-order valence-electron chi connectivity index (χ4n) is 1.86. The maximum absolute atomic E-state index is 11.0. The second-order valence-electron chi connectivity index (χ2n) is 3.95. The Balaban J connectivity index is 2.62. The highest BCUT2D eigenvalue weighted by atomic mass is 16.1. The standard InChI is InChI=1S/C14H14N2O/c1-10(9-17)13-12(15)7-8-16-14(13)11-5-3-2-4-6-11/h2-10H,1H3,(H2,15,16). The Bertz CT molecular complexity index is 523. The molecule has 0 aliphatic carbocycles. The van der Waals surface area contributed by atoms with E-state index >= 15 is 0 Å². The lowest BCUT2D eigenvalue weighted by Gasteiger charge is -2.13. The number of hydrogen-bond donors (Lipinski definition) is 1. The Hall–Kier alpha value is -2.16. The van der Waals surface area contributed by atoms with Gasteiger partial charge >= 0.3 is 0 Å². The van der Waals surface area contributed by atoms with Crippen molar-refractivity contribution in [2.75, 3.05) is 5.73 Å². The van der Waals surface area contributed by atoms with Crippen LogP contribution in [0.15, 0.2) is 42.6 Å². The van der Waals surface area contributed by atoms with Crippen LogP contribution in [0.2, 0.25) is 0 Å². The first-order chi connectivity index (χ1) is 8.24. The van der Waals surface area contributed by atoms with E-state index in [0.29, 0.717) is 5.69 Å². The van der Waals surface area contributed by atoms with E-state index in [4.69, 9.17) is 5.73 Å². The predicted octanol–water partition coefficient (Wildman–Crippen LogP) is 2.63. The third-order valence-corrected chi connectivity index (χ3v) is 2.73. The Morgan fingerprint density at radius 2 is 1.94 bits per heavy atom. The number of pyridine rings is 1. The van der Waals surface area contributed by atoms with E-state index in [2.05, 4.69) is 4.98 Å². The van der Waals surface area contributed by atoms with Crippen molar-refractivity contribution in [3.05, 3.63) is 48.2 Å². The molecule has 1 aromatic heterocycles. The second kappa shape index (κ2) is 4.78. The molecule has 0 saturated carbocycles. The number of aldehydes is 1. The maximum Gasteiger partial charge on any atom is 0.127 e. The first-order valence-corrected chi connectivity index (χ1v) is 5.49. The Morgan fingerprint density at radius 1 is 1.24 bits per heavy atom. The summed E-state index contributed by atoms with van der Waals surface area (Å²) in [6.45, 7) is 1.83. The molecule has 3 nitrogen and oxygen atoms in total. The molecule has 0 aliphatic heterocycles. The number of anilines is 1. The molecule has 17 heavy (non-hydrogen) atoms. The first-order valence-electron chi connectivity index (χ1n) is 5.49. The molecule has 1 aromatic carbocycles. The minimum Gasteiger partial charge on any atom is -0.398 e. The van der Waals surface area contributed by atoms with Crippen LogP contribution in [0.4, 0.5) is 5.69 Å². The highest BCUT2D eigenvalue weighted by molar-refractivity contribution is 5.76. The minimum absolute atomic E-state index is 0.251. The smallest absolute Gasteiger partial charge is 0.127 e. The van der Waals surface area contributed by atoms with Crippen LogP contribution in [-0.2, 0) is 4.79 Å². The monoisotopic (exact) mass is 226 g/mol. The minimum atomic E-state index is -0.251. The van der Waals surface area contributed by atoms with E-state index in [1.807, 2.05) is 37.3 Å². The summed E-state index contributed by atoms with van der Waals surface area (Å²) in [7, 11) is 0. The number of nitrogens with two attached hydrogens (primary N) is 1. The van der Waals surface area contributed by atoms with E-state index in [1.54, 1.807) is 12.3 Å². The summed E-state index contributed by atoms with van der Waals surface area (Å²) < 4.78 is 0. The highest BCUT2D eigenvalue weighted by Crippen LogP contribution is 2.30. The number of hydrogen-bond acceptors (Lipinski definition) is 3. The lowest BCUT2D eigenvalue weighted by Crippen LogP contribution is -2.04.